The number of imide groups is 1. The van der Waals surface area contributed by atoms with Crippen molar-refractivity contribution in [3.8, 4) is 0 Å². The Morgan fingerprint density at radius 3 is 2.83 bits per heavy atom. The summed E-state index contributed by atoms with van der Waals surface area (Å²) in [6.45, 7) is 1.71. The molecule has 2 rings (SSSR count). The normalized spacial score (nSPS) is 36.9. The largest absolute Gasteiger partial charge is 0.394 e. The summed E-state index contributed by atoms with van der Waals surface area (Å²) in [6, 6.07) is -0.474. The molecule has 0 aromatic heterocycles. The topological polar surface area (TPSA) is 88.1 Å². The van der Waals surface area contributed by atoms with Crippen LogP contribution in [0.5, 0.6) is 0 Å². The van der Waals surface area contributed by atoms with Gasteiger partial charge in [0.15, 0.2) is 5.60 Å². The monoisotopic (exact) mass is 258 g/mol. The molecule has 2 heterocycles. The Morgan fingerprint density at radius 2 is 2.28 bits per heavy atom. The highest BCUT2D eigenvalue weighted by molar-refractivity contribution is 6.01. The molecule has 0 spiro atoms. The number of methoxy groups -OCH3 is 1. The van der Waals surface area contributed by atoms with E-state index < -0.39 is 23.8 Å². The Bertz CT molecular complexity index is 361. The molecule has 0 bridgehead atoms. The summed E-state index contributed by atoms with van der Waals surface area (Å²) >= 11 is 0. The number of hydrogen-bond donors (Lipinski definition) is 2. The molecule has 2 N–H and O–H groups in total. The van der Waals surface area contributed by atoms with Crippen LogP contribution >= 0.6 is 0 Å². The maximum atomic E-state index is 11.8. The van der Waals surface area contributed by atoms with Crippen molar-refractivity contribution in [2.45, 2.75) is 37.7 Å². The highest BCUT2D eigenvalue weighted by Gasteiger charge is 2.46. The van der Waals surface area contributed by atoms with Crippen molar-refractivity contribution < 1.29 is 24.2 Å². The van der Waals surface area contributed by atoms with Crippen LogP contribution in [0.2, 0.25) is 0 Å². The van der Waals surface area contributed by atoms with E-state index in [9.17, 15) is 9.59 Å². The number of carbonyl (C=O) groups excluding carboxylic acids is 2. The molecule has 0 aromatic carbocycles. The molecule has 102 valence electrons. The zero-order valence-corrected chi connectivity index (χ0v) is 10.5. The van der Waals surface area contributed by atoms with Crippen molar-refractivity contribution in [1.29, 1.82) is 0 Å². The van der Waals surface area contributed by atoms with Gasteiger partial charge in [-0.15, -0.1) is 0 Å². The van der Waals surface area contributed by atoms with E-state index in [4.69, 9.17) is 14.6 Å². The summed E-state index contributed by atoms with van der Waals surface area (Å²) in [7, 11) is 1.43. The van der Waals surface area contributed by atoms with Crippen molar-refractivity contribution in [2.24, 2.45) is 0 Å². The smallest absolute Gasteiger partial charge is 0.326 e. The predicted molar refractivity (Wildman–Crippen MR) is 60.6 cm³/mol. The quantitative estimate of drug-likeness (QED) is 0.708. The third-order valence-corrected chi connectivity index (χ3v) is 3.52. The van der Waals surface area contributed by atoms with Crippen LogP contribution in [-0.4, -0.2) is 60.1 Å². The summed E-state index contributed by atoms with van der Waals surface area (Å²) < 4.78 is 10.7. The molecule has 0 aliphatic carbocycles. The number of urea groups is 1. The summed E-state index contributed by atoms with van der Waals surface area (Å²) in [4.78, 5) is 24.9. The number of hydrogen-bond acceptors (Lipinski definition) is 5. The van der Waals surface area contributed by atoms with Gasteiger partial charge in [0.2, 0.25) is 0 Å². The molecule has 3 amide bonds. The third-order valence-electron chi connectivity index (χ3n) is 3.52. The van der Waals surface area contributed by atoms with E-state index in [1.165, 1.54) is 12.0 Å². The maximum absolute atomic E-state index is 11.8. The molecule has 0 aromatic rings. The van der Waals surface area contributed by atoms with Crippen molar-refractivity contribution >= 4 is 11.9 Å². The fourth-order valence-corrected chi connectivity index (χ4v) is 2.21. The van der Waals surface area contributed by atoms with Crippen LogP contribution in [0.4, 0.5) is 4.79 Å². The van der Waals surface area contributed by atoms with Crippen molar-refractivity contribution in [1.82, 2.24) is 10.2 Å². The number of rotatable bonds is 3. The van der Waals surface area contributed by atoms with E-state index in [-0.39, 0.29) is 19.3 Å². The molecular weight excluding hydrogens is 240 g/mol. The summed E-state index contributed by atoms with van der Waals surface area (Å²) in [5.41, 5.74) is -1.06. The number of carbonyl (C=O) groups is 2. The Morgan fingerprint density at radius 1 is 1.56 bits per heavy atom. The first-order chi connectivity index (χ1) is 8.50. The standard InChI is InChI=1S/C11H18N2O5/c1-11(17-2)6-13(10(16)12-9(11)15)8-4-3-7(5-14)18-8/h7-8,14H,3-6H2,1-2H3,(H,12,15,16)/t7-,8+,11?/m0/s1. The lowest BCUT2D eigenvalue weighted by atomic mass is 10.0. The Labute approximate surface area is 105 Å². The van der Waals surface area contributed by atoms with E-state index in [2.05, 4.69) is 5.32 Å². The predicted octanol–water partition coefficient (Wildman–Crippen LogP) is -0.559. The molecule has 7 nitrogen and oxygen atoms in total. The number of ether oxygens (including phenoxy) is 2. The highest BCUT2D eigenvalue weighted by atomic mass is 16.5. The van der Waals surface area contributed by atoms with E-state index >= 15 is 0 Å². The SMILES string of the molecule is COC1(C)CN([C@H]2CC[C@@H](CO)O2)C(=O)NC1=O. The van der Waals surface area contributed by atoms with Gasteiger partial charge in [-0.25, -0.2) is 4.79 Å². The summed E-state index contributed by atoms with van der Waals surface area (Å²) in [5.74, 6) is -0.442. The Balaban J connectivity index is 2.09. The molecule has 2 aliphatic heterocycles. The Hall–Kier alpha value is -1.18. The summed E-state index contributed by atoms with van der Waals surface area (Å²) in [5, 5.41) is 11.3. The minimum Gasteiger partial charge on any atom is -0.394 e. The molecule has 1 unspecified atom stereocenters. The minimum absolute atomic E-state index is 0.0631. The average Bonchev–Trinajstić information content (AvgIpc) is 2.82. The van der Waals surface area contributed by atoms with Crippen LogP contribution in [0.15, 0.2) is 0 Å². The lowest BCUT2D eigenvalue weighted by molar-refractivity contribution is -0.151. The highest BCUT2D eigenvalue weighted by Crippen LogP contribution is 2.26. The number of aliphatic hydroxyl groups excluding tert-OH is 1. The van der Waals surface area contributed by atoms with Crippen LogP contribution in [0.25, 0.3) is 0 Å². The first-order valence-corrected chi connectivity index (χ1v) is 5.93. The fraction of sp³-hybridized carbons (Fsp3) is 0.818. The molecule has 18 heavy (non-hydrogen) atoms. The molecule has 0 saturated carbocycles. The van der Waals surface area contributed by atoms with Crippen LogP contribution in [-0.2, 0) is 14.3 Å². The number of nitrogens with one attached hydrogen (secondary N) is 1. The Kier molecular flexibility index (Phi) is 3.56. The second-order valence-corrected chi connectivity index (χ2v) is 4.79. The van der Waals surface area contributed by atoms with Crippen LogP contribution < -0.4 is 5.32 Å². The van der Waals surface area contributed by atoms with Crippen LogP contribution in [0, 0.1) is 0 Å². The molecule has 0 radical (unpaired) electrons. The van der Waals surface area contributed by atoms with Gasteiger partial charge < -0.3 is 14.6 Å². The van der Waals surface area contributed by atoms with Crippen molar-refractivity contribution in [2.75, 3.05) is 20.3 Å². The molecule has 3 atom stereocenters. The van der Waals surface area contributed by atoms with Gasteiger partial charge in [0.1, 0.15) is 6.23 Å². The van der Waals surface area contributed by atoms with Gasteiger partial charge in [0, 0.05) is 7.11 Å². The zero-order chi connectivity index (χ0) is 13.3. The van der Waals surface area contributed by atoms with E-state index in [1.807, 2.05) is 0 Å². The van der Waals surface area contributed by atoms with E-state index in [0.29, 0.717) is 12.8 Å². The lowest BCUT2D eigenvalue weighted by Gasteiger charge is -2.40. The maximum Gasteiger partial charge on any atom is 0.326 e. The zero-order valence-electron chi connectivity index (χ0n) is 10.5. The van der Waals surface area contributed by atoms with Gasteiger partial charge >= 0.3 is 6.03 Å². The van der Waals surface area contributed by atoms with Crippen molar-refractivity contribution in [3.63, 3.8) is 0 Å². The minimum atomic E-state index is -1.06. The second kappa shape index (κ2) is 4.83. The number of nitrogens with zero attached hydrogens (tertiary/aromatic N) is 1. The average molecular weight is 258 g/mol. The van der Waals surface area contributed by atoms with E-state index in [0.717, 1.165) is 0 Å². The van der Waals surface area contributed by atoms with Gasteiger partial charge in [-0.1, -0.05) is 0 Å². The first kappa shape index (κ1) is 13.3. The van der Waals surface area contributed by atoms with Crippen LogP contribution in [0.1, 0.15) is 19.8 Å². The third kappa shape index (κ3) is 2.21. The van der Waals surface area contributed by atoms with Gasteiger partial charge in [-0.2, -0.15) is 0 Å². The van der Waals surface area contributed by atoms with Gasteiger partial charge in [0.05, 0.1) is 19.3 Å². The lowest BCUT2D eigenvalue weighted by Crippen LogP contribution is -2.65. The molecule has 2 saturated heterocycles. The second-order valence-electron chi connectivity index (χ2n) is 4.79. The first-order valence-electron chi connectivity index (χ1n) is 5.93. The molecular formula is C11H18N2O5. The van der Waals surface area contributed by atoms with Crippen molar-refractivity contribution in [3.05, 3.63) is 0 Å². The van der Waals surface area contributed by atoms with Crippen LogP contribution in [0.3, 0.4) is 0 Å². The number of aliphatic hydroxyl groups is 1. The molecule has 2 aliphatic rings. The van der Waals surface area contributed by atoms with Gasteiger partial charge in [0.25, 0.3) is 5.91 Å². The van der Waals surface area contributed by atoms with Gasteiger partial charge in [-0.3, -0.25) is 15.0 Å². The van der Waals surface area contributed by atoms with Gasteiger partial charge in [-0.05, 0) is 19.8 Å². The molecule has 7 heteroatoms. The molecule has 2 fully saturated rings. The fourth-order valence-electron chi connectivity index (χ4n) is 2.21. The van der Waals surface area contributed by atoms with E-state index in [1.54, 1.807) is 6.92 Å². The number of amides is 3. The summed E-state index contributed by atoms with van der Waals surface area (Å²) in [6.07, 6.45) is 0.689.